The second kappa shape index (κ2) is 8.48. The molecule has 0 spiro atoms. The molecule has 12 heteroatoms. The lowest BCUT2D eigenvalue weighted by molar-refractivity contribution is -0.140. The number of nitrogens with one attached hydrogen (secondary N) is 1. The van der Waals surface area contributed by atoms with Crippen molar-refractivity contribution in [3.05, 3.63) is 57.7 Å². The zero-order chi connectivity index (χ0) is 23.9. The van der Waals surface area contributed by atoms with Crippen molar-refractivity contribution in [1.29, 1.82) is 0 Å². The first-order valence-electron chi connectivity index (χ1n) is 10.1. The van der Waals surface area contributed by atoms with E-state index in [-0.39, 0.29) is 23.2 Å². The second-order valence-corrected chi connectivity index (χ2v) is 8.59. The van der Waals surface area contributed by atoms with Crippen LogP contribution >= 0.6 is 23.1 Å². The summed E-state index contributed by atoms with van der Waals surface area (Å²) in [4.78, 5) is 32.0. The van der Waals surface area contributed by atoms with Gasteiger partial charge in [-0.15, -0.1) is 0 Å². The van der Waals surface area contributed by atoms with Gasteiger partial charge in [0, 0.05) is 21.9 Å². The van der Waals surface area contributed by atoms with Gasteiger partial charge >= 0.3 is 17.8 Å². The van der Waals surface area contributed by atoms with Crippen LogP contribution in [0.15, 0.2) is 38.5 Å². The highest BCUT2D eigenvalue weighted by Crippen LogP contribution is 2.48. The van der Waals surface area contributed by atoms with E-state index in [0.29, 0.717) is 34.8 Å². The number of rotatable bonds is 5. The summed E-state index contributed by atoms with van der Waals surface area (Å²) in [6, 6.07) is 7.10. The quantitative estimate of drug-likeness (QED) is 0.373. The highest BCUT2D eigenvalue weighted by molar-refractivity contribution is 7.04. The van der Waals surface area contributed by atoms with Crippen LogP contribution in [0.25, 0.3) is 11.4 Å². The number of ether oxygens (including phenoxy) is 1. The summed E-state index contributed by atoms with van der Waals surface area (Å²) in [6.45, 7) is 1.71. The lowest BCUT2D eigenvalue weighted by atomic mass is 10.1. The largest absolute Gasteiger partial charge is 0.480 e. The van der Waals surface area contributed by atoms with E-state index in [9.17, 15) is 14.7 Å². The number of aromatic nitrogens is 3. The number of carboxylic acids is 1. The van der Waals surface area contributed by atoms with Crippen molar-refractivity contribution in [2.45, 2.75) is 31.3 Å². The van der Waals surface area contributed by atoms with Crippen molar-refractivity contribution in [1.82, 2.24) is 14.3 Å². The van der Waals surface area contributed by atoms with E-state index in [1.54, 1.807) is 36.6 Å². The number of carboxylic acid groups (broad SMARTS) is 1. The van der Waals surface area contributed by atoms with E-state index in [1.165, 1.54) is 0 Å². The molecule has 3 heterocycles. The zero-order valence-electron chi connectivity index (χ0n) is 17.5. The smallest absolute Gasteiger partial charge is 0.412 e. The van der Waals surface area contributed by atoms with Crippen molar-refractivity contribution in [2.75, 3.05) is 5.32 Å². The van der Waals surface area contributed by atoms with Crippen LogP contribution in [0.2, 0.25) is 5.02 Å². The van der Waals surface area contributed by atoms with Gasteiger partial charge in [0.15, 0.2) is 5.69 Å². The van der Waals surface area contributed by atoms with Crippen LogP contribution in [0.5, 0.6) is 0 Å². The number of hydrogen-bond acceptors (Lipinski definition) is 9. The third-order valence-corrected chi connectivity index (χ3v) is 6.24. The van der Waals surface area contributed by atoms with E-state index in [0.717, 1.165) is 11.5 Å². The fraction of sp³-hybridized carbons (Fsp3) is 0.227. The molecule has 0 bridgehead atoms. The van der Waals surface area contributed by atoms with Gasteiger partial charge in [0.25, 0.3) is 5.89 Å². The normalized spacial score (nSPS) is 14.8. The molecular weight excluding hydrogens is 484 g/mol. The Morgan fingerprint density at radius 2 is 2.06 bits per heavy atom. The van der Waals surface area contributed by atoms with Gasteiger partial charge in [0.1, 0.15) is 11.5 Å². The minimum Gasteiger partial charge on any atom is -0.480 e. The Morgan fingerprint density at radius 1 is 1.26 bits per heavy atom. The predicted molar refractivity (Wildman–Crippen MR) is 121 cm³/mol. The first-order chi connectivity index (χ1) is 16.4. The summed E-state index contributed by atoms with van der Waals surface area (Å²) in [5, 5.41) is 14.1. The average Bonchev–Trinajstić information content (AvgIpc) is 3.12. The van der Waals surface area contributed by atoms with Crippen LogP contribution in [-0.2, 0) is 14.9 Å². The molecule has 1 aliphatic carbocycles. The van der Waals surface area contributed by atoms with Gasteiger partial charge in [0.05, 0.1) is 5.69 Å². The number of benzene rings is 1. The number of fused-ring (bicyclic) bond motifs is 1. The van der Waals surface area contributed by atoms with Crippen LogP contribution in [0.3, 0.4) is 0 Å². The molecule has 1 fully saturated rings. The van der Waals surface area contributed by atoms with Gasteiger partial charge in [-0.05, 0) is 43.3 Å². The number of hydrogen-bond donors (Lipinski definition) is 2. The number of aliphatic carboxylic acids is 1. The van der Waals surface area contributed by atoms with E-state index in [4.69, 9.17) is 25.2 Å². The van der Waals surface area contributed by atoms with Gasteiger partial charge in [-0.25, -0.2) is 4.79 Å². The third kappa shape index (κ3) is 4.09. The number of carbonyl (C=O) groups excluding carboxylic acids is 1. The number of halogens is 1. The maximum absolute atomic E-state index is 12.3. The molecule has 1 amide bonds. The van der Waals surface area contributed by atoms with Crippen molar-refractivity contribution in [3.8, 4) is 11.8 Å². The SMILES string of the molecule is CC(OC(=O)Nc1csnc1C#Cc1nc2nc(C3(C(=O)O)CC3)oc2o1)c1ccccc1Cl. The van der Waals surface area contributed by atoms with Crippen molar-refractivity contribution in [2.24, 2.45) is 0 Å². The Bertz CT molecular complexity index is 1440. The summed E-state index contributed by atoms with van der Waals surface area (Å²) in [6.07, 6.45) is -0.339. The van der Waals surface area contributed by atoms with Crippen LogP contribution < -0.4 is 5.32 Å². The van der Waals surface area contributed by atoms with Crippen LogP contribution in [0.4, 0.5) is 10.5 Å². The molecule has 172 valence electrons. The monoisotopic (exact) mass is 498 g/mol. The molecule has 1 unspecified atom stereocenters. The van der Waals surface area contributed by atoms with Crippen LogP contribution in [0.1, 0.15) is 48.9 Å². The molecule has 1 atom stereocenters. The number of nitrogens with zero attached hydrogens (tertiary/aromatic N) is 3. The van der Waals surface area contributed by atoms with Gasteiger partial charge in [-0.1, -0.05) is 29.8 Å². The van der Waals surface area contributed by atoms with E-state index < -0.39 is 23.6 Å². The second-order valence-electron chi connectivity index (χ2n) is 7.56. The minimum atomic E-state index is -1.09. The Labute approximate surface area is 201 Å². The fourth-order valence-corrected chi connectivity index (χ4v) is 4.11. The molecule has 2 N–H and O–H groups in total. The van der Waals surface area contributed by atoms with Gasteiger partial charge < -0.3 is 18.7 Å². The molecule has 5 rings (SSSR count). The lowest BCUT2D eigenvalue weighted by Crippen LogP contribution is -2.19. The summed E-state index contributed by atoms with van der Waals surface area (Å²) in [5.74, 6) is 4.58. The topological polar surface area (TPSA) is 141 Å². The van der Waals surface area contributed by atoms with E-state index in [2.05, 4.69) is 31.5 Å². The molecule has 34 heavy (non-hydrogen) atoms. The minimum absolute atomic E-state index is 0.000546. The number of oxazole rings is 2. The highest BCUT2D eigenvalue weighted by Gasteiger charge is 2.56. The summed E-state index contributed by atoms with van der Waals surface area (Å²) in [7, 11) is 0. The first-order valence-corrected chi connectivity index (χ1v) is 11.3. The van der Waals surface area contributed by atoms with Gasteiger partial charge in [-0.3, -0.25) is 10.1 Å². The number of anilines is 1. The molecule has 10 nitrogen and oxygen atoms in total. The fourth-order valence-electron chi connectivity index (χ4n) is 3.24. The molecular formula is C22H15ClN4O6S. The molecule has 1 saturated carbocycles. The molecule has 1 aromatic carbocycles. The number of carbonyl (C=O) groups is 2. The summed E-state index contributed by atoms with van der Waals surface area (Å²) >= 11 is 7.25. The van der Waals surface area contributed by atoms with E-state index in [1.807, 2.05) is 0 Å². The Hall–Kier alpha value is -3.88. The van der Waals surface area contributed by atoms with Crippen LogP contribution in [0, 0.1) is 11.8 Å². The Balaban J connectivity index is 1.27. The standard InChI is InChI=1S/C22H15ClN4O6S/c1-11(12-4-2-3-5-13(12)23)31-21(30)24-15-10-34-27-14(15)6-7-16-25-17-18(32-16)33-19(26-17)22(8-9-22)20(28)29/h2-5,10-11H,8-9H2,1H3,(H,24,30)(H,28,29). The van der Waals surface area contributed by atoms with Crippen molar-refractivity contribution < 1.29 is 28.3 Å². The summed E-state index contributed by atoms with van der Waals surface area (Å²) in [5.41, 5.74) is 0.387. The van der Waals surface area contributed by atoms with Gasteiger partial charge in [-0.2, -0.15) is 14.3 Å². The average molecular weight is 499 g/mol. The molecule has 4 aromatic rings. The van der Waals surface area contributed by atoms with Crippen molar-refractivity contribution >= 4 is 52.3 Å². The number of amides is 1. The van der Waals surface area contributed by atoms with Crippen LogP contribution in [-0.4, -0.2) is 31.5 Å². The lowest BCUT2D eigenvalue weighted by Gasteiger charge is -2.15. The summed E-state index contributed by atoms with van der Waals surface area (Å²) < 4.78 is 20.4. The van der Waals surface area contributed by atoms with E-state index >= 15 is 0 Å². The van der Waals surface area contributed by atoms with Gasteiger partial charge in [0.2, 0.25) is 11.5 Å². The maximum atomic E-state index is 12.3. The zero-order valence-corrected chi connectivity index (χ0v) is 19.1. The third-order valence-electron chi connectivity index (χ3n) is 5.27. The van der Waals surface area contributed by atoms with Crippen molar-refractivity contribution in [3.63, 3.8) is 0 Å². The molecule has 1 aliphatic rings. The Kier molecular flexibility index (Phi) is 5.47. The molecule has 0 saturated heterocycles. The first kappa shape index (κ1) is 21.9. The predicted octanol–water partition coefficient (Wildman–Crippen LogP) is 4.75. The Morgan fingerprint density at radius 3 is 2.76 bits per heavy atom. The molecule has 0 aliphatic heterocycles. The molecule has 0 radical (unpaired) electrons. The molecule has 3 aromatic heterocycles. The highest BCUT2D eigenvalue weighted by atomic mass is 35.5. The maximum Gasteiger partial charge on any atom is 0.412 e.